The van der Waals surface area contributed by atoms with E-state index < -0.39 is 0 Å². The molecule has 0 aliphatic carbocycles. The maximum absolute atomic E-state index is 12.3. The monoisotopic (exact) mass is 324 g/mol. The van der Waals surface area contributed by atoms with E-state index in [2.05, 4.69) is 38.1 Å². The van der Waals surface area contributed by atoms with Gasteiger partial charge in [0.2, 0.25) is 5.91 Å². The van der Waals surface area contributed by atoms with Gasteiger partial charge in [-0.05, 0) is 51.0 Å². The molecule has 1 aromatic carbocycles. The summed E-state index contributed by atoms with van der Waals surface area (Å²) >= 11 is 0. The maximum Gasteiger partial charge on any atom is 0.222 e. The van der Waals surface area contributed by atoms with Gasteiger partial charge in [-0.2, -0.15) is 0 Å². The first kappa shape index (κ1) is 19.0. The predicted molar refractivity (Wildman–Crippen MR) is 94.3 cm³/mol. The van der Waals surface area contributed by atoms with Gasteiger partial charge in [0.1, 0.15) is 0 Å². The van der Waals surface area contributed by atoms with E-state index in [1.807, 2.05) is 4.90 Å². The number of benzene rings is 1. The predicted octanol–water partition coefficient (Wildman–Crippen LogP) is 3.33. The lowest BCUT2D eigenvalue weighted by Crippen LogP contribution is -2.45. The Balaban J connectivity index is 0.00000242. The number of carbonyl (C=O) groups excluding carboxylic acids is 1. The van der Waals surface area contributed by atoms with E-state index in [1.54, 1.807) is 0 Å². The second kappa shape index (κ2) is 9.16. The lowest BCUT2D eigenvalue weighted by Gasteiger charge is -2.34. The highest BCUT2D eigenvalue weighted by Crippen LogP contribution is 2.20. The minimum Gasteiger partial charge on any atom is -0.342 e. The van der Waals surface area contributed by atoms with Crippen molar-refractivity contribution in [2.45, 2.75) is 52.0 Å². The van der Waals surface area contributed by atoms with Gasteiger partial charge in [0.25, 0.3) is 0 Å². The number of carbonyl (C=O) groups is 1. The molecule has 0 saturated carbocycles. The molecule has 4 heteroatoms. The highest BCUT2D eigenvalue weighted by atomic mass is 35.5. The van der Waals surface area contributed by atoms with Crippen LogP contribution in [0.2, 0.25) is 0 Å². The van der Waals surface area contributed by atoms with Crippen LogP contribution < -0.4 is 5.73 Å². The van der Waals surface area contributed by atoms with Gasteiger partial charge in [-0.15, -0.1) is 12.4 Å². The Morgan fingerprint density at radius 3 is 2.68 bits per heavy atom. The molecule has 1 aliphatic heterocycles. The normalized spacial score (nSPS) is 19.4. The van der Waals surface area contributed by atoms with Crippen molar-refractivity contribution in [3.8, 4) is 0 Å². The van der Waals surface area contributed by atoms with Gasteiger partial charge in [-0.3, -0.25) is 4.79 Å². The van der Waals surface area contributed by atoms with Crippen molar-refractivity contribution in [2.75, 3.05) is 13.1 Å². The fraction of sp³-hybridized carbons (Fsp3) is 0.611. The molecule has 1 fully saturated rings. The van der Waals surface area contributed by atoms with Crippen molar-refractivity contribution in [3.63, 3.8) is 0 Å². The minimum atomic E-state index is 0. The highest BCUT2D eigenvalue weighted by molar-refractivity contribution is 5.85. The highest BCUT2D eigenvalue weighted by Gasteiger charge is 2.25. The topological polar surface area (TPSA) is 46.3 Å². The molecule has 2 unspecified atom stereocenters. The number of rotatable bonds is 5. The SMILES string of the molecule is Cc1ccc(CCCC(=O)N2CCCC(C(C)N)C2)cc1.Cl. The summed E-state index contributed by atoms with van der Waals surface area (Å²) in [7, 11) is 0. The number of amides is 1. The number of hydrogen-bond acceptors (Lipinski definition) is 2. The maximum atomic E-state index is 12.3. The van der Waals surface area contributed by atoms with E-state index in [0.717, 1.165) is 38.8 Å². The van der Waals surface area contributed by atoms with E-state index in [1.165, 1.54) is 11.1 Å². The van der Waals surface area contributed by atoms with Crippen LogP contribution in [0.3, 0.4) is 0 Å². The standard InChI is InChI=1S/C18H28N2O.ClH/c1-14-8-10-16(11-9-14)5-3-7-18(21)20-12-4-6-17(13-20)15(2)19;/h8-11,15,17H,3-7,12-13,19H2,1-2H3;1H. The van der Waals surface area contributed by atoms with Crippen LogP contribution in [0.4, 0.5) is 0 Å². The Morgan fingerprint density at radius 2 is 2.05 bits per heavy atom. The van der Waals surface area contributed by atoms with E-state index in [4.69, 9.17) is 5.73 Å². The number of nitrogens with zero attached hydrogens (tertiary/aromatic N) is 1. The Labute approximate surface area is 140 Å². The van der Waals surface area contributed by atoms with Gasteiger partial charge >= 0.3 is 0 Å². The third-order valence-corrected chi connectivity index (χ3v) is 4.53. The molecule has 0 aromatic heterocycles. The molecule has 124 valence electrons. The summed E-state index contributed by atoms with van der Waals surface area (Å²) in [5.74, 6) is 0.771. The number of piperidine rings is 1. The molecule has 2 rings (SSSR count). The summed E-state index contributed by atoms with van der Waals surface area (Å²) in [4.78, 5) is 14.3. The number of hydrogen-bond donors (Lipinski definition) is 1. The number of aryl methyl sites for hydroxylation is 2. The molecule has 0 spiro atoms. The van der Waals surface area contributed by atoms with Crippen LogP contribution in [0.15, 0.2) is 24.3 Å². The first-order chi connectivity index (χ1) is 10.1. The zero-order valence-electron chi connectivity index (χ0n) is 13.8. The molecule has 1 heterocycles. The molecule has 1 amide bonds. The van der Waals surface area contributed by atoms with E-state index >= 15 is 0 Å². The largest absolute Gasteiger partial charge is 0.342 e. The average molecular weight is 325 g/mol. The van der Waals surface area contributed by atoms with E-state index in [9.17, 15) is 4.79 Å². The summed E-state index contributed by atoms with van der Waals surface area (Å²) in [6, 6.07) is 8.78. The third-order valence-electron chi connectivity index (χ3n) is 4.53. The molecular formula is C18H29ClN2O. The van der Waals surface area contributed by atoms with Crippen molar-refractivity contribution in [2.24, 2.45) is 11.7 Å². The van der Waals surface area contributed by atoms with Crippen LogP contribution in [0.1, 0.15) is 43.7 Å². The molecule has 1 aromatic rings. The zero-order chi connectivity index (χ0) is 15.2. The Hall–Kier alpha value is -1.06. The van der Waals surface area contributed by atoms with Crippen LogP contribution in [-0.2, 0) is 11.2 Å². The van der Waals surface area contributed by atoms with Crippen molar-refractivity contribution in [1.29, 1.82) is 0 Å². The fourth-order valence-corrected chi connectivity index (χ4v) is 3.02. The van der Waals surface area contributed by atoms with Gasteiger partial charge in [-0.25, -0.2) is 0 Å². The fourth-order valence-electron chi connectivity index (χ4n) is 3.02. The van der Waals surface area contributed by atoms with Crippen LogP contribution in [0.25, 0.3) is 0 Å². The number of likely N-dealkylation sites (tertiary alicyclic amines) is 1. The lowest BCUT2D eigenvalue weighted by atomic mass is 9.92. The van der Waals surface area contributed by atoms with Gasteiger partial charge in [-0.1, -0.05) is 29.8 Å². The molecule has 1 aliphatic rings. The van der Waals surface area contributed by atoms with E-state index in [-0.39, 0.29) is 18.4 Å². The Kier molecular flexibility index (Phi) is 7.91. The number of halogens is 1. The molecule has 1 saturated heterocycles. The Morgan fingerprint density at radius 1 is 1.36 bits per heavy atom. The van der Waals surface area contributed by atoms with Crippen molar-refractivity contribution in [1.82, 2.24) is 4.90 Å². The zero-order valence-corrected chi connectivity index (χ0v) is 14.6. The summed E-state index contributed by atoms with van der Waals surface area (Å²) < 4.78 is 0. The van der Waals surface area contributed by atoms with Gasteiger partial charge in [0.05, 0.1) is 0 Å². The number of nitrogens with two attached hydrogens (primary N) is 1. The first-order valence-electron chi connectivity index (χ1n) is 8.15. The summed E-state index contributed by atoms with van der Waals surface area (Å²) in [5, 5.41) is 0. The minimum absolute atomic E-state index is 0. The molecule has 22 heavy (non-hydrogen) atoms. The van der Waals surface area contributed by atoms with Crippen molar-refractivity contribution in [3.05, 3.63) is 35.4 Å². The van der Waals surface area contributed by atoms with Gasteiger partial charge in [0, 0.05) is 25.6 Å². The Bertz CT molecular complexity index is 459. The quantitative estimate of drug-likeness (QED) is 0.903. The first-order valence-corrected chi connectivity index (χ1v) is 8.15. The smallest absolute Gasteiger partial charge is 0.222 e. The molecule has 0 radical (unpaired) electrons. The van der Waals surface area contributed by atoms with Crippen LogP contribution in [0, 0.1) is 12.8 Å². The van der Waals surface area contributed by atoms with Crippen LogP contribution in [0.5, 0.6) is 0 Å². The molecule has 0 bridgehead atoms. The molecule has 2 N–H and O–H groups in total. The average Bonchev–Trinajstić information content (AvgIpc) is 2.49. The molecule has 2 atom stereocenters. The van der Waals surface area contributed by atoms with Crippen molar-refractivity contribution >= 4 is 18.3 Å². The summed E-state index contributed by atoms with van der Waals surface area (Å²) in [5.41, 5.74) is 8.58. The van der Waals surface area contributed by atoms with Crippen LogP contribution >= 0.6 is 12.4 Å². The lowest BCUT2D eigenvalue weighted by molar-refractivity contribution is -0.133. The van der Waals surface area contributed by atoms with Gasteiger partial charge in [0.15, 0.2) is 0 Å². The third kappa shape index (κ3) is 5.62. The van der Waals surface area contributed by atoms with Gasteiger partial charge < -0.3 is 10.6 Å². The molecule has 3 nitrogen and oxygen atoms in total. The summed E-state index contributed by atoms with van der Waals surface area (Å²) in [6.07, 6.45) is 4.82. The van der Waals surface area contributed by atoms with Crippen LogP contribution in [-0.4, -0.2) is 29.9 Å². The molecular weight excluding hydrogens is 296 g/mol. The van der Waals surface area contributed by atoms with Crippen molar-refractivity contribution < 1.29 is 4.79 Å². The second-order valence-electron chi connectivity index (χ2n) is 6.44. The van der Waals surface area contributed by atoms with E-state index in [0.29, 0.717) is 18.2 Å². The summed E-state index contributed by atoms with van der Waals surface area (Å²) in [6.45, 7) is 5.90. The second-order valence-corrected chi connectivity index (χ2v) is 6.44.